The van der Waals surface area contributed by atoms with E-state index in [1.165, 1.54) is 0 Å². The molecule has 0 amide bonds. The average Bonchev–Trinajstić information content (AvgIpc) is 2.13. The van der Waals surface area contributed by atoms with Crippen LogP contribution >= 0.6 is 0 Å². The van der Waals surface area contributed by atoms with Crippen molar-refractivity contribution in [1.82, 2.24) is 0 Å². The van der Waals surface area contributed by atoms with E-state index in [4.69, 9.17) is 0 Å². The van der Waals surface area contributed by atoms with Crippen molar-refractivity contribution < 1.29 is 19.4 Å². The maximum Gasteiger partial charge on any atom is 0.408 e. The number of carbonyl (C=O) groups is 2. The van der Waals surface area contributed by atoms with Crippen molar-refractivity contribution in [2.75, 3.05) is 6.61 Å². The van der Waals surface area contributed by atoms with Crippen molar-refractivity contribution in [2.24, 2.45) is 5.92 Å². The fourth-order valence-corrected chi connectivity index (χ4v) is 1.31. The monoisotopic (exact) mass is 186 g/mol. The number of carbonyl (C=O) groups excluding carboxylic acids is 2. The Balaban J connectivity index is 2.31. The Hall–Kier alpha value is -0.900. The maximum absolute atomic E-state index is 11.2. The Bertz CT molecular complexity index is 200. The third kappa shape index (κ3) is 2.81. The van der Waals surface area contributed by atoms with E-state index in [-0.39, 0.29) is 12.5 Å². The molecule has 0 aromatic rings. The van der Waals surface area contributed by atoms with Crippen LogP contribution in [0.4, 0.5) is 0 Å². The molecule has 1 fully saturated rings. The Morgan fingerprint density at radius 1 is 1.38 bits per heavy atom. The van der Waals surface area contributed by atoms with Crippen LogP contribution < -0.4 is 0 Å². The minimum absolute atomic E-state index is 0.217. The van der Waals surface area contributed by atoms with Crippen LogP contribution in [0.3, 0.4) is 0 Å². The van der Waals surface area contributed by atoms with Gasteiger partial charge in [-0.25, -0.2) is 4.79 Å². The highest BCUT2D eigenvalue weighted by atomic mass is 17.2. The van der Waals surface area contributed by atoms with Crippen molar-refractivity contribution in [2.45, 2.75) is 32.6 Å². The third-order valence-electron chi connectivity index (χ3n) is 2.13. The quantitative estimate of drug-likeness (QED) is 0.376. The van der Waals surface area contributed by atoms with Gasteiger partial charge in [-0.05, 0) is 6.42 Å². The predicted octanol–water partition coefficient (Wildman–Crippen LogP) is 1.24. The van der Waals surface area contributed by atoms with Crippen LogP contribution in [0.5, 0.6) is 0 Å². The highest BCUT2D eigenvalue weighted by Crippen LogP contribution is 2.16. The molecule has 1 aliphatic heterocycles. The van der Waals surface area contributed by atoms with Crippen molar-refractivity contribution in [1.29, 1.82) is 0 Å². The number of ketones is 1. The summed E-state index contributed by atoms with van der Waals surface area (Å²) in [5.74, 6) is -1.58. The van der Waals surface area contributed by atoms with Crippen molar-refractivity contribution >= 4 is 11.8 Å². The van der Waals surface area contributed by atoms with Crippen LogP contribution in [-0.2, 0) is 19.4 Å². The summed E-state index contributed by atoms with van der Waals surface area (Å²) in [7, 11) is 0. The van der Waals surface area contributed by atoms with Crippen molar-refractivity contribution in [3.8, 4) is 0 Å². The molecule has 1 unspecified atom stereocenters. The molecule has 0 aromatic carbocycles. The van der Waals surface area contributed by atoms with E-state index in [0.717, 1.165) is 25.7 Å². The second-order valence-corrected chi connectivity index (χ2v) is 3.21. The summed E-state index contributed by atoms with van der Waals surface area (Å²) in [6, 6.07) is 0. The molecule has 1 atom stereocenters. The van der Waals surface area contributed by atoms with Crippen LogP contribution in [0, 0.1) is 5.92 Å². The zero-order valence-corrected chi connectivity index (χ0v) is 7.75. The summed E-state index contributed by atoms with van der Waals surface area (Å²) < 4.78 is 0. The molecule has 1 heterocycles. The number of hydrogen-bond donors (Lipinski definition) is 0. The number of unbranched alkanes of at least 4 members (excludes halogenated alkanes) is 2. The lowest BCUT2D eigenvalue weighted by atomic mass is 9.97. The van der Waals surface area contributed by atoms with Crippen molar-refractivity contribution in [3.05, 3.63) is 0 Å². The van der Waals surface area contributed by atoms with E-state index in [1.807, 2.05) is 0 Å². The first-order valence-corrected chi connectivity index (χ1v) is 4.63. The van der Waals surface area contributed by atoms with E-state index in [2.05, 4.69) is 16.7 Å². The predicted molar refractivity (Wildman–Crippen MR) is 44.7 cm³/mol. The first-order valence-electron chi connectivity index (χ1n) is 4.63. The lowest BCUT2D eigenvalue weighted by molar-refractivity contribution is -0.285. The smallest absolute Gasteiger partial charge is 0.289 e. The molecule has 1 aliphatic rings. The Labute approximate surface area is 77.1 Å². The maximum atomic E-state index is 11.2. The summed E-state index contributed by atoms with van der Waals surface area (Å²) in [4.78, 5) is 30.6. The van der Waals surface area contributed by atoms with Gasteiger partial charge in [-0.15, -0.1) is 0 Å². The number of rotatable bonds is 4. The fraction of sp³-hybridized carbons (Fsp3) is 0.778. The molecule has 0 spiro atoms. The van der Waals surface area contributed by atoms with E-state index in [9.17, 15) is 9.59 Å². The molecule has 0 aromatic heterocycles. The molecule has 4 nitrogen and oxygen atoms in total. The highest BCUT2D eigenvalue weighted by molar-refractivity contribution is 6.34. The molecule has 74 valence electrons. The molecule has 13 heavy (non-hydrogen) atoms. The molecule has 4 heteroatoms. The van der Waals surface area contributed by atoms with E-state index in [0.29, 0.717) is 0 Å². The van der Waals surface area contributed by atoms with Gasteiger partial charge in [-0.3, -0.25) is 9.68 Å². The molecular formula is C9H14O4. The zero-order chi connectivity index (χ0) is 9.68. The Morgan fingerprint density at radius 3 is 2.85 bits per heavy atom. The summed E-state index contributed by atoms with van der Waals surface area (Å²) >= 11 is 0. The lowest BCUT2D eigenvalue weighted by Gasteiger charge is -2.17. The lowest BCUT2D eigenvalue weighted by Crippen LogP contribution is -2.34. The second-order valence-electron chi connectivity index (χ2n) is 3.21. The first kappa shape index (κ1) is 10.2. The standard InChI is InChI=1S/C9H14O4/c1-2-3-4-5-7-6-12-13-9(11)8(7)10/h7H,2-6H2,1H3. The minimum Gasteiger partial charge on any atom is -0.289 e. The second kappa shape index (κ2) is 4.97. The van der Waals surface area contributed by atoms with Gasteiger partial charge in [-0.1, -0.05) is 26.2 Å². The highest BCUT2D eigenvalue weighted by Gasteiger charge is 2.32. The molecule has 0 radical (unpaired) electrons. The average molecular weight is 186 g/mol. The normalized spacial score (nSPS) is 23.0. The van der Waals surface area contributed by atoms with Crippen molar-refractivity contribution in [3.63, 3.8) is 0 Å². The zero-order valence-electron chi connectivity index (χ0n) is 7.75. The van der Waals surface area contributed by atoms with Gasteiger partial charge in [0.2, 0.25) is 5.78 Å². The number of Topliss-reactive ketones (excluding diaryl/α,β-unsaturated/α-hetero) is 1. The van der Waals surface area contributed by atoms with Gasteiger partial charge in [0.1, 0.15) is 6.61 Å². The summed E-state index contributed by atoms with van der Waals surface area (Å²) in [6.45, 7) is 2.31. The largest absolute Gasteiger partial charge is 0.408 e. The number of hydrogen-bond acceptors (Lipinski definition) is 4. The van der Waals surface area contributed by atoms with Gasteiger partial charge < -0.3 is 0 Å². The molecule has 0 aliphatic carbocycles. The summed E-state index contributed by atoms with van der Waals surface area (Å²) in [5, 5.41) is 0. The van der Waals surface area contributed by atoms with Gasteiger partial charge in [0.05, 0.1) is 5.92 Å². The van der Waals surface area contributed by atoms with Crippen LogP contribution in [0.25, 0.3) is 0 Å². The van der Waals surface area contributed by atoms with E-state index < -0.39 is 11.8 Å². The third-order valence-corrected chi connectivity index (χ3v) is 2.13. The Kier molecular flexibility index (Phi) is 3.89. The van der Waals surface area contributed by atoms with E-state index in [1.54, 1.807) is 0 Å². The molecule has 0 saturated carbocycles. The van der Waals surface area contributed by atoms with Gasteiger partial charge in [0, 0.05) is 0 Å². The fourth-order valence-electron chi connectivity index (χ4n) is 1.31. The van der Waals surface area contributed by atoms with Crippen LogP contribution in [0.15, 0.2) is 0 Å². The topological polar surface area (TPSA) is 52.6 Å². The molecule has 1 rings (SSSR count). The first-order chi connectivity index (χ1) is 6.25. The van der Waals surface area contributed by atoms with E-state index >= 15 is 0 Å². The molecule has 1 saturated heterocycles. The van der Waals surface area contributed by atoms with Gasteiger partial charge in [-0.2, -0.15) is 4.89 Å². The van der Waals surface area contributed by atoms with Gasteiger partial charge >= 0.3 is 5.97 Å². The molecule has 0 bridgehead atoms. The summed E-state index contributed by atoms with van der Waals surface area (Å²) in [5.41, 5.74) is 0. The molecular weight excluding hydrogens is 172 g/mol. The van der Waals surface area contributed by atoms with Crippen LogP contribution in [0.1, 0.15) is 32.6 Å². The SMILES string of the molecule is CCCCCC1COOC(=O)C1=O. The van der Waals surface area contributed by atoms with Crippen LogP contribution in [0.2, 0.25) is 0 Å². The Morgan fingerprint density at radius 2 is 2.15 bits per heavy atom. The molecule has 0 N–H and O–H groups in total. The van der Waals surface area contributed by atoms with Crippen LogP contribution in [-0.4, -0.2) is 18.4 Å². The minimum atomic E-state index is -0.854. The van der Waals surface area contributed by atoms with Gasteiger partial charge in [0.25, 0.3) is 0 Å². The summed E-state index contributed by atoms with van der Waals surface area (Å²) in [6.07, 6.45) is 3.87. The van der Waals surface area contributed by atoms with Gasteiger partial charge in [0.15, 0.2) is 0 Å².